The van der Waals surface area contributed by atoms with Gasteiger partial charge in [0.2, 0.25) is 6.79 Å². The van der Waals surface area contributed by atoms with Crippen LogP contribution in [0.4, 0.5) is 0 Å². The van der Waals surface area contributed by atoms with Gasteiger partial charge in [-0.05, 0) is 48.4 Å². The van der Waals surface area contributed by atoms with Gasteiger partial charge in [-0.15, -0.1) is 0 Å². The summed E-state index contributed by atoms with van der Waals surface area (Å²) in [7, 11) is 3.25. The van der Waals surface area contributed by atoms with Crippen molar-refractivity contribution in [2.45, 2.75) is 12.5 Å². The highest BCUT2D eigenvalue weighted by Gasteiger charge is 2.16. The molecule has 0 spiro atoms. The van der Waals surface area contributed by atoms with Gasteiger partial charge in [-0.1, -0.05) is 12.1 Å². The molecule has 25 heavy (non-hydrogen) atoms. The van der Waals surface area contributed by atoms with Crippen LogP contribution in [-0.4, -0.2) is 39.2 Å². The number of hydrogen-bond donors (Lipinski definition) is 2. The molecule has 0 bridgehead atoms. The highest BCUT2D eigenvalue weighted by molar-refractivity contribution is 5.45. The first-order valence-corrected chi connectivity index (χ1v) is 8.20. The van der Waals surface area contributed by atoms with Gasteiger partial charge in [0, 0.05) is 6.54 Å². The molecule has 1 aliphatic heterocycles. The second kappa shape index (κ2) is 8.09. The van der Waals surface area contributed by atoms with Gasteiger partial charge in [-0.3, -0.25) is 0 Å². The smallest absolute Gasteiger partial charge is 0.231 e. The van der Waals surface area contributed by atoms with E-state index in [1.807, 2.05) is 36.4 Å². The van der Waals surface area contributed by atoms with Crippen LogP contribution in [0, 0.1) is 0 Å². The van der Waals surface area contributed by atoms with E-state index in [1.165, 1.54) is 0 Å². The maximum absolute atomic E-state index is 10.3. The van der Waals surface area contributed by atoms with Crippen molar-refractivity contribution in [3.05, 3.63) is 47.5 Å². The van der Waals surface area contributed by atoms with Crippen molar-refractivity contribution < 1.29 is 24.1 Å². The van der Waals surface area contributed by atoms with Crippen LogP contribution >= 0.6 is 0 Å². The summed E-state index contributed by atoms with van der Waals surface area (Å²) in [6, 6.07) is 11.4. The number of ether oxygens (including phenoxy) is 4. The molecule has 0 fully saturated rings. The molecular formula is C19H23NO5. The van der Waals surface area contributed by atoms with Crippen LogP contribution in [0.3, 0.4) is 0 Å². The summed E-state index contributed by atoms with van der Waals surface area (Å²) in [5, 5.41) is 13.6. The van der Waals surface area contributed by atoms with Gasteiger partial charge in [0.25, 0.3) is 0 Å². The molecule has 0 unspecified atom stereocenters. The van der Waals surface area contributed by atoms with Crippen molar-refractivity contribution in [2.75, 3.05) is 34.1 Å². The highest BCUT2D eigenvalue weighted by atomic mass is 16.7. The van der Waals surface area contributed by atoms with Crippen LogP contribution in [0.2, 0.25) is 0 Å². The maximum atomic E-state index is 10.3. The number of fused-ring (bicyclic) bond motifs is 1. The number of nitrogens with one attached hydrogen (secondary N) is 1. The third-order valence-electron chi connectivity index (χ3n) is 4.16. The van der Waals surface area contributed by atoms with Gasteiger partial charge in [0.15, 0.2) is 23.0 Å². The summed E-state index contributed by atoms with van der Waals surface area (Å²) in [5.74, 6) is 2.84. The molecule has 6 nitrogen and oxygen atoms in total. The van der Waals surface area contributed by atoms with Crippen LogP contribution in [0.1, 0.15) is 17.2 Å². The summed E-state index contributed by atoms with van der Waals surface area (Å²) in [6.07, 6.45) is 0.230. The van der Waals surface area contributed by atoms with E-state index in [4.69, 9.17) is 18.9 Å². The Kier molecular flexibility index (Phi) is 5.63. The molecule has 0 radical (unpaired) electrons. The lowest BCUT2D eigenvalue weighted by Crippen LogP contribution is -2.23. The van der Waals surface area contributed by atoms with Crippen molar-refractivity contribution in [1.29, 1.82) is 0 Å². The van der Waals surface area contributed by atoms with Crippen molar-refractivity contribution in [2.24, 2.45) is 0 Å². The van der Waals surface area contributed by atoms with Gasteiger partial charge in [0.1, 0.15) is 0 Å². The average Bonchev–Trinajstić information content (AvgIpc) is 3.12. The van der Waals surface area contributed by atoms with Crippen molar-refractivity contribution in [3.8, 4) is 23.0 Å². The molecule has 3 rings (SSSR count). The molecule has 0 amide bonds. The van der Waals surface area contributed by atoms with E-state index in [0.717, 1.165) is 41.3 Å². The SMILES string of the molecule is COc1ccc(CCNC[C@@H](O)c2ccc3c(c2)OCO3)cc1OC. The van der Waals surface area contributed by atoms with E-state index >= 15 is 0 Å². The Morgan fingerprint density at radius 3 is 2.64 bits per heavy atom. The fraction of sp³-hybridized carbons (Fsp3) is 0.368. The minimum absolute atomic E-state index is 0.235. The van der Waals surface area contributed by atoms with Crippen LogP contribution in [0.25, 0.3) is 0 Å². The molecular weight excluding hydrogens is 322 g/mol. The standard InChI is InChI=1S/C19H23NO5/c1-22-16-5-3-13(9-18(16)23-2)7-8-20-11-15(21)14-4-6-17-19(10-14)25-12-24-17/h3-6,9-10,15,20-21H,7-8,11-12H2,1-2H3/t15-/m1/s1. The summed E-state index contributed by atoms with van der Waals surface area (Å²) >= 11 is 0. The largest absolute Gasteiger partial charge is 0.493 e. The van der Waals surface area contributed by atoms with Gasteiger partial charge >= 0.3 is 0 Å². The fourth-order valence-electron chi connectivity index (χ4n) is 2.75. The topological polar surface area (TPSA) is 69.2 Å². The molecule has 1 atom stereocenters. The van der Waals surface area contributed by atoms with E-state index in [9.17, 15) is 5.11 Å². The monoisotopic (exact) mass is 345 g/mol. The summed E-state index contributed by atoms with van der Waals surface area (Å²) < 4.78 is 21.2. The molecule has 2 aromatic carbocycles. The van der Waals surface area contributed by atoms with E-state index in [1.54, 1.807) is 14.2 Å². The zero-order valence-corrected chi connectivity index (χ0v) is 14.5. The number of aliphatic hydroxyl groups excluding tert-OH is 1. The van der Waals surface area contributed by atoms with Crippen molar-refractivity contribution >= 4 is 0 Å². The number of methoxy groups -OCH3 is 2. The zero-order valence-electron chi connectivity index (χ0n) is 14.5. The molecule has 0 aromatic heterocycles. The lowest BCUT2D eigenvalue weighted by Gasteiger charge is -2.13. The minimum atomic E-state index is -0.597. The minimum Gasteiger partial charge on any atom is -0.493 e. The second-order valence-corrected chi connectivity index (χ2v) is 5.77. The predicted octanol–water partition coefficient (Wildman–Crippen LogP) is 2.30. The first kappa shape index (κ1) is 17.4. The maximum Gasteiger partial charge on any atom is 0.231 e. The second-order valence-electron chi connectivity index (χ2n) is 5.77. The lowest BCUT2D eigenvalue weighted by atomic mass is 10.1. The Bertz CT molecular complexity index is 719. The summed E-state index contributed by atoms with van der Waals surface area (Å²) in [6.45, 7) is 1.45. The Morgan fingerprint density at radius 1 is 1.04 bits per heavy atom. The summed E-state index contributed by atoms with van der Waals surface area (Å²) in [5.41, 5.74) is 1.95. The molecule has 6 heteroatoms. The van der Waals surface area contributed by atoms with E-state index in [0.29, 0.717) is 12.3 Å². The quantitative estimate of drug-likeness (QED) is 0.716. The highest BCUT2D eigenvalue weighted by Crippen LogP contribution is 2.34. The predicted molar refractivity (Wildman–Crippen MR) is 93.6 cm³/mol. The lowest BCUT2D eigenvalue weighted by molar-refractivity contribution is 0.170. The molecule has 2 aromatic rings. The number of hydrogen-bond acceptors (Lipinski definition) is 6. The Labute approximate surface area is 147 Å². The Morgan fingerprint density at radius 2 is 1.84 bits per heavy atom. The van der Waals surface area contributed by atoms with E-state index in [-0.39, 0.29) is 6.79 Å². The average molecular weight is 345 g/mol. The van der Waals surface area contributed by atoms with Gasteiger partial charge in [-0.2, -0.15) is 0 Å². The van der Waals surface area contributed by atoms with Crippen molar-refractivity contribution in [1.82, 2.24) is 5.32 Å². The molecule has 2 N–H and O–H groups in total. The molecule has 0 aliphatic carbocycles. The normalized spacial score (nSPS) is 13.6. The van der Waals surface area contributed by atoms with Crippen LogP contribution in [-0.2, 0) is 6.42 Å². The molecule has 1 aliphatic rings. The Hall–Kier alpha value is -2.44. The Balaban J connectivity index is 1.48. The molecule has 0 saturated heterocycles. The van der Waals surface area contributed by atoms with E-state index < -0.39 is 6.10 Å². The van der Waals surface area contributed by atoms with Gasteiger partial charge in [-0.25, -0.2) is 0 Å². The van der Waals surface area contributed by atoms with Gasteiger partial charge < -0.3 is 29.4 Å². The van der Waals surface area contributed by atoms with Crippen molar-refractivity contribution in [3.63, 3.8) is 0 Å². The first-order valence-electron chi connectivity index (χ1n) is 8.20. The number of rotatable bonds is 8. The van der Waals surface area contributed by atoms with E-state index in [2.05, 4.69) is 5.32 Å². The van der Waals surface area contributed by atoms with Gasteiger partial charge in [0.05, 0.1) is 20.3 Å². The third-order valence-corrected chi connectivity index (χ3v) is 4.16. The number of benzene rings is 2. The molecule has 1 heterocycles. The van der Waals surface area contributed by atoms with Crippen LogP contribution in [0.15, 0.2) is 36.4 Å². The van der Waals surface area contributed by atoms with Crippen LogP contribution in [0.5, 0.6) is 23.0 Å². The fourth-order valence-corrected chi connectivity index (χ4v) is 2.75. The summed E-state index contributed by atoms with van der Waals surface area (Å²) in [4.78, 5) is 0. The molecule has 0 saturated carbocycles. The first-order chi connectivity index (χ1) is 12.2. The van der Waals surface area contributed by atoms with Crippen LogP contribution < -0.4 is 24.3 Å². The molecule has 134 valence electrons. The third kappa shape index (κ3) is 4.15. The number of aliphatic hydroxyl groups is 1. The zero-order chi connectivity index (χ0) is 17.6.